The Morgan fingerprint density at radius 2 is 2.12 bits per heavy atom. The van der Waals surface area contributed by atoms with E-state index in [1.54, 1.807) is 6.07 Å². The molecule has 1 atom stereocenters. The predicted molar refractivity (Wildman–Crippen MR) is 65.2 cm³/mol. The van der Waals surface area contributed by atoms with Crippen molar-refractivity contribution in [1.29, 1.82) is 0 Å². The molecule has 1 heterocycles. The van der Waals surface area contributed by atoms with Gasteiger partial charge in [-0.05, 0) is 30.7 Å². The fraction of sp³-hybridized carbons (Fsp3) is 0.583. The summed E-state index contributed by atoms with van der Waals surface area (Å²) in [6, 6.07) is 1.73. The van der Waals surface area contributed by atoms with Crippen molar-refractivity contribution in [3.05, 3.63) is 22.8 Å². The van der Waals surface area contributed by atoms with E-state index in [1.807, 2.05) is 0 Å². The van der Waals surface area contributed by atoms with Crippen molar-refractivity contribution in [2.24, 2.45) is 5.41 Å². The molecule has 1 aliphatic rings. The molecule has 1 aromatic rings. The van der Waals surface area contributed by atoms with Gasteiger partial charge in [-0.25, -0.2) is 4.98 Å². The lowest BCUT2D eigenvalue weighted by molar-refractivity contribution is 0.0343. The average Bonchev–Trinajstić information content (AvgIpc) is 2.46. The third-order valence-corrected chi connectivity index (χ3v) is 3.58. The lowest BCUT2D eigenvalue weighted by atomic mass is 9.86. The van der Waals surface area contributed by atoms with E-state index in [-0.39, 0.29) is 5.41 Å². The number of halogens is 1. The van der Waals surface area contributed by atoms with Gasteiger partial charge in [-0.3, -0.25) is 0 Å². The number of nitrogens with two attached hydrogens (primary N) is 1. The lowest BCUT2D eigenvalue weighted by Gasteiger charge is -2.26. The smallest absolute Gasteiger partial charge is 0.129 e. The van der Waals surface area contributed by atoms with Gasteiger partial charge in [0.15, 0.2) is 0 Å². The largest absolute Gasteiger partial charge is 0.385 e. The van der Waals surface area contributed by atoms with E-state index in [1.165, 1.54) is 6.20 Å². The topological polar surface area (TPSA) is 59.1 Å². The van der Waals surface area contributed by atoms with E-state index < -0.39 is 5.60 Å². The highest BCUT2D eigenvalue weighted by Gasteiger charge is 2.44. The van der Waals surface area contributed by atoms with E-state index in [4.69, 9.17) is 17.3 Å². The molecule has 3 nitrogen and oxygen atoms in total. The molecule has 0 amide bonds. The van der Waals surface area contributed by atoms with Crippen LogP contribution in [0.5, 0.6) is 0 Å². The third-order valence-electron chi connectivity index (χ3n) is 3.37. The van der Waals surface area contributed by atoms with Gasteiger partial charge in [-0.2, -0.15) is 0 Å². The summed E-state index contributed by atoms with van der Waals surface area (Å²) >= 11 is 5.90. The minimum atomic E-state index is -0.870. The number of aliphatic hydroxyl groups is 1. The van der Waals surface area contributed by atoms with Crippen molar-refractivity contribution in [2.45, 2.75) is 38.7 Å². The molecular formula is C12H17ClN2O. The van der Waals surface area contributed by atoms with Crippen LogP contribution >= 0.6 is 11.6 Å². The zero-order valence-corrected chi connectivity index (χ0v) is 10.4. The highest BCUT2D eigenvalue weighted by Crippen LogP contribution is 2.50. The van der Waals surface area contributed by atoms with Crippen molar-refractivity contribution in [3.63, 3.8) is 0 Å². The molecule has 1 fully saturated rings. The number of rotatable bonds is 1. The van der Waals surface area contributed by atoms with Crippen LogP contribution in [0, 0.1) is 5.41 Å². The van der Waals surface area contributed by atoms with Gasteiger partial charge in [0.2, 0.25) is 0 Å². The van der Waals surface area contributed by atoms with Crippen LogP contribution < -0.4 is 5.73 Å². The van der Waals surface area contributed by atoms with E-state index in [2.05, 4.69) is 18.8 Å². The van der Waals surface area contributed by atoms with Gasteiger partial charge in [-0.15, -0.1) is 0 Å². The van der Waals surface area contributed by atoms with Crippen LogP contribution in [0.15, 0.2) is 12.3 Å². The molecule has 1 aliphatic carbocycles. The first kappa shape index (κ1) is 11.7. The number of aromatic nitrogens is 1. The van der Waals surface area contributed by atoms with Gasteiger partial charge in [0.25, 0.3) is 0 Å². The number of hydrogen-bond donors (Lipinski definition) is 2. The molecule has 3 N–H and O–H groups in total. The highest BCUT2D eigenvalue weighted by molar-refractivity contribution is 6.30. The number of anilines is 1. The fourth-order valence-corrected chi connectivity index (χ4v) is 2.72. The highest BCUT2D eigenvalue weighted by atomic mass is 35.5. The number of hydrogen-bond acceptors (Lipinski definition) is 3. The molecule has 1 unspecified atom stereocenters. The lowest BCUT2D eigenvalue weighted by Crippen LogP contribution is -2.25. The van der Waals surface area contributed by atoms with Crippen LogP contribution in [0.25, 0.3) is 0 Å². The van der Waals surface area contributed by atoms with Gasteiger partial charge >= 0.3 is 0 Å². The molecule has 0 bridgehead atoms. The normalized spacial score (nSPS) is 28.2. The Kier molecular flexibility index (Phi) is 2.63. The summed E-state index contributed by atoms with van der Waals surface area (Å²) in [5.74, 6) is 0.379. The van der Waals surface area contributed by atoms with E-state index >= 15 is 0 Å². The number of nitrogen functional groups attached to an aromatic ring is 1. The first-order valence-electron chi connectivity index (χ1n) is 5.46. The maximum Gasteiger partial charge on any atom is 0.129 e. The monoisotopic (exact) mass is 240 g/mol. The predicted octanol–water partition coefficient (Wildman–Crippen LogP) is 2.71. The second-order valence-corrected chi connectivity index (χ2v) is 5.90. The van der Waals surface area contributed by atoms with Gasteiger partial charge in [-0.1, -0.05) is 25.4 Å². The molecule has 0 aromatic carbocycles. The summed E-state index contributed by atoms with van der Waals surface area (Å²) in [6.07, 6.45) is 3.90. The van der Waals surface area contributed by atoms with Crippen LogP contribution in [-0.2, 0) is 5.60 Å². The second-order valence-electron chi connectivity index (χ2n) is 5.46. The molecule has 16 heavy (non-hydrogen) atoms. The maximum atomic E-state index is 10.6. The Morgan fingerprint density at radius 1 is 1.44 bits per heavy atom. The number of nitrogens with zero attached hydrogens (tertiary/aromatic N) is 1. The van der Waals surface area contributed by atoms with Crippen molar-refractivity contribution in [2.75, 3.05) is 5.73 Å². The Labute approximate surface area is 101 Å². The first-order chi connectivity index (χ1) is 7.32. The van der Waals surface area contributed by atoms with Crippen LogP contribution in [0.4, 0.5) is 5.82 Å². The van der Waals surface area contributed by atoms with E-state index in [9.17, 15) is 5.11 Å². The molecule has 0 aliphatic heterocycles. The SMILES string of the molecule is CC1(C)CCC(O)(c2cc(Cl)cnc2N)C1. The quantitative estimate of drug-likeness (QED) is 0.794. The third kappa shape index (κ3) is 2.02. The van der Waals surface area contributed by atoms with Gasteiger partial charge in [0.05, 0.1) is 10.6 Å². The molecule has 1 saturated carbocycles. The summed E-state index contributed by atoms with van der Waals surface area (Å²) < 4.78 is 0. The zero-order valence-electron chi connectivity index (χ0n) is 9.63. The van der Waals surface area contributed by atoms with Crippen molar-refractivity contribution in [3.8, 4) is 0 Å². The van der Waals surface area contributed by atoms with Crippen molar-refractivity contribution < 1.29 is 5.11 Å². The Balaban J connectivity index is 2.41. The molecule has 0 radical (unpaired) electrons. The summed E-state index contributed by atoms with van der Waals surface area (Å²) in [6.45, 7) is 4.30. The van der Waals surface area contributed by atoms with Crippen LogP contribution in [0.3, 0.4) is 0 Å². The van der Waals surface area contributed by atoms with Gasteiger partial charge in [0.1, 0.15) is 5.82 Å². The van der Waals surface area contributed by atoms with Crippen molar-refractivity contribution in [1.82, 2.24) is 4.98 Å². The Bertz CT molecular complexity index is 419. The van der Waals surface area contributed by atoms with Crippen LogP contribution in [0.1, 0.15) is 38.7 Å². The minimum Gasteiger partial charge on any atom is -0.385 e. The molecule has 2 rings (SSSR count). The summed E-state index contributed by atoms with van der Waals surface area (Å²) in [5.41, 5.74) is 5.76. The minimum absolute atomic E-state index is 0.142. The average molecular weight is 241 g/mol. The molecule has 0 saturated heterocycles. The maximum absolute atomic E-state index is 10.6. The molecule has 88 valence electrons. The summed E-state index contributed by atoms with van der Waals surface area (Å²) in [4.78, 5) is 4.00. The molecule has 1 aromatic heterocycles. The Hall–Kier alpha value is -0.800. The summed E-state index contributed by atoms with van der Waals surface area (Å²) in [7, 11) is 0. The van der Waals surface area contributed by atoms with Crippen LogP contribution in [0.2, 0.25) is 5.02 Å². The second kappa shape index (κ2) is 3.60. The standard InChI is InChI=1S/C12H17ClN2O/c1-11(2)3-4-12(16,7-11)9-5-8(13)6-15-10(9)14/h5-6,16H,3-4,7H2,1-2H3,(H2,14,15). The summed E-state index contributed by atoms with van der Waals surface area (Å²) in [5, 5.41) is 11.1. The zero-order chi connectivity index (χ0) is 12.0. The molecule has 0 spiro atoms. The van der Waals surface area contributed by atoms with Gasteiger partial charge < -0.3 is 10.8 Å². The number of pyridine rings is 1. The van der Waals surface area contributed by atoms with E-state index in [0.717, 1.165) is 6.42 Å². The molecular weight excluding hydrogens is 224 g/mol. The fourth-order valence-electron chi connectivity index (χ4n) is 2.57. The first-order valence-corrected chi connectivity index (χ1v) is 5.84. The molecule has 4 heteroatoms. The van der Waals surface area contributed by atoms with Gasteiger partial charge in [0, 0.05) is 11.8 Å². The van der Waals surface area contributed by atoms with Crippen LogP contribution in [-0.4, -0.2) is 10.1 Å². The Morgan fingerprint density at radius 3 is 2.69 bits per heavy atom. The van der Waals surface area contributed by atoms with E-state index in [0.29, 0.717) is 29.2 Å². The van der Waals surface area contributed by atoms with Crippen molar-refractivity contribution >= 4 is 17.4 Å².